The van der Waals surface area contributed by atoms with Gasteiger partial charge >= 0.3 is 12.1 Å². The summed E-state index contributed by atoms with van der Waals surface area (Å²) in [4.78, 5) is 45.8. The maximum Gasteiger partial charge on any atom is 0.322 e. The minimum atomic E-state index is -0.142. The van der Waals surface area contributed by atoms with Gasteiger partial charge in [0.1, 0.15) is 0 Å². The van der Waals surface area contributed by atoms with Crippen molar-refractivity contribution in [3.63, 3.8) is 0 Å². The topological polar surface area (TPSA) is 60.1 Å². The van der Waals surface area contributed by atoms with E-state index in [0.717, 1.165) is 56.4 Å². The van der Waals surface area contributed by atoms with E-state index < -0.39 is 0 Å². The fourth-order valence-electron chi connectivity index (χ4n) is 8.81. The molecule has 6 aromatic carbocycles. The van der Waals surface area contributed by atoms with Crippen molar-refractivity contribution in [2.75, 3.05) is 36.5 Å². The van der Waals surface area contributed by atoms with Gasteiger partial charge in [-0.2, -0.15) is 0 Å². The van der Waals surface area contributed by atoms with E-state index in [0.29, 0.717) is 52.9 Å². The van der Waals surface area contributed by atoms with Crippen LogP contribution in [0.15, 0.2) is 158 Å². The first-order chi connectivity index (χ1) is 30.8. The predicted molar refractivity (Wildman–Crippen MR) is 258 cm³/mol. The molecule has 12 bridgehead atoms. The first-order valence-corrected chi connectivity index (χ1v) is 22.4. The van der Waals surface area contributed by atoms with Crippen LogP contribution < -0.4 is 9.80 Å². The van der Waals surface area contributed by atoms with Crippen LogP contribution in [0.3, 0.4) is 0 Å². The molecule has 0 atom stereocenters. The fraction of sp³-hybridized carbons (Fsp3) is 0.296. The van der Waals surface area contributed by atoms with Crippen molar-refractivity contribution in [2.45, 2.75) is 78.8 Å². The van der Waals surface area contributed by atoms with Crippen molar-refractivity contribution in [3.05, 3.63) is 180 Å². The van der Waals surface area contributed by atoms with Gasteiger partial charge in [-0.15, -0.1) is 0 Å². The van der Waals surface area contributed by atoms with Crippen LogP contribution in [0, 0.1) is 0 Å². The Kier molecular flexibility index (Phi) is 11.7. The SMILES string of the molecule is CC(C)(C)N1CN2Cc3ccc(cc3)N(c3ccccc3)c3ccc(cc3)CN3CN(C(C)(C)C)CN(Cc4ccc(cc4)N(c4ccccc4)c4ccc(cc4)CN(C1)C2=O)C3=O. The number of hydrogen-bond donors (Lipinski definition) is 0. The number of amides is 4. The second-order valence-corrected chi connectivity index (χ2v) is 19.4. The number of anilines is 6. The molecule has 15 rings (SSSR count). The number of rotatable bonds is 2. The van der Waals surface area contributed by atoms with E-state index >= 15 is 0 Å². The second kappa shape index (κ2) is 17.5. The van der Waals surface area contributed by atoms with Gasteiger partial charge in [0.2, 0.25) is 0 Å². The Morgan fingerprint density at radius 2 is 0.531 bits per heavy atom. The van der Waals surface area contributed by atoms with Crippen molar-refractivity contribution in [2.24, 2.45) is 0 Å². The third-order valence-electron chi connectivity index (χ3n) is 12.6. The Hall–Kier alpha value is -6.62. The molecule has 10 heteroatoms. The molecule has 9 heterocycles. The van der Waals surface area contributed by atoms with Crippen LogP contribution in [0.2, 0.25) is 0 Å². The molecule has 9 aliphatic rings. The van der Waals surface area contributed by atoms with E-state index in [-0.39, 0.29) is 23.1 Å². The average molecular weight is 853 g/mol. The molecule has 328 valence electrons. The summed E-state index contributed by atoms with van der Waals surface area (Å²) in [5.74, 6) is 0. The summed E-state index contributed by atoms with van der Waals surface area (Å²) in [6.07, 6.45) is 0. The van der Waals surface area contributed by atoms with Crippen molar-refractivity contribution in [1.29, 1.82) is 0 Å². The molecule has 4 amide bonds. The highest BCUT2D eigenvalue weighted by Crippen LogP contribution is 2.37. The zero-order valence-corrected chi connectivity index (χ0v) is 38.1. The molecule has 0 aromatic heterocycles. The fourth-order valence-corrected chi connectivity index (χ4v) is 8.81. The van der Waals surface area contributed by atoms with Gasteiger partial charge in [0, 0.05) is 71.4 Å². The lowest BCUT2D eigenvalue weighted by Gasteiger charge is -2.47. The number of nitrogens with zero attached hydrogens (tertiary/aromatic N) is 8. The number of urea groups is 2. The lowest BCUT2D eigenvalue weighted by molar-refractivity contribution is -0.0206. The van der Waals surface area contributed by atoms with Gasteiger partial charge in [-0.05, 0) is 137 Å². The van der Waals surface area contributed by atoms with E-state index in [4.69, 9.17) is 0 Å². The Bertz CT molecular complexity index is 2230. The number of benzene rings is 6. The normalized spacial score (nSPS) is 17.1. The van der Waals surface area contributed by atoms with Gasteiger partial charge in [0.15, 0.2) is 0 Å². The van der Waals surface area contributed by atoms with Crippen LogP contribution >= 0.6 is 0 Å². The van der Waals surface area contributed by atoms with Crippen molar-refractivity contribution >= 4 is 46.2 Å². The van der Waals surface area contributed by atoms with Crippen LogP contribution in [0.5, 0.6) is 0 Å². The second-order valence-electron chi connectivity index (χ2n) is 19.4. The van der Waals surface area contributed by atoms with Crippen LogP contribution in [-0.2, 0) is 26.2 Å². The number of hydrogen-bond acceptors (Lipinski definition) is 6. The highest BCUT2D eigenvalue weighted by atomic mass is 16.2. The van der Waals surface area contributed by atoms with Crippen molar-refractivity contribution < 1.29 is 9.59 Å². The smallest absolute Gasteiger partial charge is 0.311 e. The summed E-state index contributed by atoms with van der Waals surface area (Å²) in [6.45, 7) is 17.4. The quantitative estimate of drug-likeness (QED) is 0.173. The zero-order chi connectivity index (χ0) is 44.6. The molecule has 64 heavy (non-hydrogen) atoms. The van der Waals surface area contributed by atoms with E-state index in [9.17, 15) is 9.59 Å². The zero-order valence-electron chi connectivity index (χ0n) is 38.1. The van der Waals surface area contributed by atoms with Crippen LogP contribution in [0.25, 0.3) is 0 Å². The monoisotopic (exact) mass is 852 g/mol. The summed E-state index contributed by atoms with van der Waals surface area (Å²) < 4.78 is 0. The molecule has 2 fully saturated rings. The minimum absolute atomic E-state index is 0.0309. The van der Waals surface area contributed by atoms with E-state index in [1.807, 2.05) is 31.7 Å². The third kappa shape index (κ3) is 9.21. The molecular weight excluding hydrogens is 793 g/mol. The molecule has 6 aromatic rings. The lowest BCUT2D eigenvalue weighted by atomic mass is 10.1. The van der Waals surface area contributed by atoms with Gasteiger partial charge in [-0.1, -0.05) is 84.9 Å². The molecule has 2 saturated heterocycles. The predicted octanol–water partition coefficient (Wildman–Crippen LogP) is 11.8. The maximum absolute atomic E-state index is 14.4. The van der Waals surface area contributed by atoms with Gasteiger partial charge in [0.25, 0.3) is 0 Å². The maximum atomic E-state index is 14.4. The summed E-state index contributed by atoms with van der Waals surface area (Å²) in [5.41, 5.74) is 10.1. The van der Waals surface area contributed by atoms with Gasteiger partial charge in [-0.3, -0.25) is 9.80 Å². The molecule has 0 unspecified atom stereocenters. The standard InChI is InChI=1S/C54H60N8O2/c1-53(2,3)59-37-55-33-41-17-25-47(26-18-41)61(45-13-9-7-10-14-45)49-29-21-43(22-30-49)35-57-39-60(54(4,5)6)40-58(52(57)64)36-44-23-31-50(32-24-44)62(46-15-11-8-12-16-46)48-27-19-42(20-28-48)34-56(38-59)51(55)63/h7-32H,33-40H2,1-6H3. The van der Waals surface area contributed by atoms with E-state index in [2.05, 4.69) is 207 Å². The molecular formula is C54H60N8O2. The molecule has 10 nitrogen and oxygen atoms in total. The Labute approximate surface area is 379 Å². The van der Waals surface area contributed by atoms with Gasteiger partial charge in [0.05, 0.1) is 26.7 Å². The van der Waals surface area contributed by atoms with Crippen LogP contribution in [0.4, 0.5) is 43.7 Å². The summed E-state index contributed by atoms with van der Waals surface area (Å²) in [7, 11) is 0. The molecule has 9 aliphatic heterocycles. The number of carbonyl (C=O) groups is 2. The van der Waals surface area contributed by atoms with Crippen LogP contribution in [-0.4, -0.2) is 79.2 Å². The highest BCUT2D eigenvalue weighted by Gasteiger charge is 2.37. The molecule has 0 spiro atoms. The van der Waals surface area contributed by atoms with E-state index in [1.165, 1.54) is 0 Å². The van der Waals surface area contributed by atoms with Crippen LogP contribution in [0.1, 0.15) is 63.8 Å². The minimum Gasteiger partial charge on any atom is -0.311 e. The van der Waals surface area contributed by atoms with Crippen molar-refractivity contribution in [3.8, 4) is 0 Å². The first kappa shape index (κ1) is 42.7. The first-order valence-electron chi connectivity index (χ1n) is 22.4. The van der Waals surface area contributed by atoms with Crippen molar-refractivity contribution in [1.82, 2.24) is 29.4 Å². The number of para-hydroxylation sites is 2. The Morgan fingerprint density at radius 1 is 0.312 bits per heavy atom. The highest BCUT2D eigenvalue weighted by molar-refractivity contribution is 5.79. The molecule has 0 radical (unpaired) electrons. The summed E-state index contributed by atoms with van der Waals surface area (Å²) in [5, 5.41) is 0. The Balaban J connectivity index is 1.10. The third-order valence-corrected chi connectivity index (χ3v) is 12.6. The summed E-state index contributed by atoms with van der Waals surface area (Å²) >= 11 is 0. The summed E-state index contributed by atoms with van der Waals surface area (Å²) in [6, 6.07) is 55.1. The average Bonchev–Trinajstić information content (AvgIpc) is 3.28. The molecule has 0 N–H and O–H groups in total. The largest absolute Gasteiger partial charge is 0.322 e. The lowest BCUT2D eigenvalue weighted by Crippen LogP contribution is -2.61. The van der Waals surface area contributed by atoms with E-state index in [1.54, 1.807) is 0 Å². The van der Waals surface area contributed by atoms with Gasteiger partial charge < -0.3 is 29.4 Å². The van der Waals surface area contributed by atoms with Gasteiger partial charge in [-0.25, -0.2) is 9.59 Å². The number of carbonyl (C=O) groups excluding carboxylic acids is 2. The Morgan fingerprint density at radius 3 is 0.750 bits per heavy atom. The molecule has 0 aliphatic carbocycles. The molecule has 0 saturated carbocycles.